The Morgan fingerprint density at radius 3 is 1.85 bits per heavy atom. The van der Waals surface area contributed by atoms with Crippen molar-refractivity contribution in [2.75, 3.05) is 40.9 Å². The zero-order chi connectivity index (χ0) is 24.7. The third kappa shape index (κ3) is 12.0. The number of likely N-dealkylation sites (N-methyl/N-ethyl adjacent to an activating group) is 1. The van der Waals surface area contributed by atoms with Crippen molar-refractivity contribution in [3.63, 3.8) is 0 Å². The van der Waals surface area contributed by atoms with Crippen LogP contribution in [0.1, 0.15) is 74.2 Å². The van der Waals surface area contributed by atoms with E-state index >= 15 is 0 Å². The zero-order valence-corrected chi connectivity index (χ0v) is 21.7. The topological polar surface area (TPSA) is 35.5 Å². The van der Waals surface area contributed by atoms with Gasteiger partial charge in [0, 0.05) is 5.56 Å². The summed E-state index contributed by atoms with van der Waals surface area (Å²) < 4.78 is 12.5. The minimum atomic E-state index is -0.0204. The van der Waals surface area contributed by atoms with Gasteiger partial charge in [0.05, 0.1) is 27.7 Å². The number of rotatable bonds is 17. The highest BCUT2D eigenvalue weighted by atomic mass is 16.5. The van der Waals surface area contributed by atoms with Gasteiger partial charge in [-0.25, -0.2) is 0 Å². The molecule has 0 saturated heterocycles. The van der Waals surface area contributed by atoms with Crippen molar-refractivity contribution in [2.24, 2.45) is 0 Å². The molecule has 0 aromatic heterocycles. The highest BCUT2D eigenvalue weighted by Gasteiger charge is 2.07. The molecule has 2 rings (SSSR count). The number of unbranched alkanes of at least 4 members (excludes halogenated alkanes) is 7. The molecule has 4 heteroatoms. The van der Waals surface area contributed by atoms with E-state index < -0.39 is 0 Å². The summed E-state index contributed by atoms with van der Waals surface area (Å²) in [6.45, 7) is 4.59. The first-order chi connectivity index (χ1) is 16.4. The summed E-state index contributed by atoms with van der Waals surface area (Å²) in [4.78, 5) is 12.5. The lowest BCUT2D eigenvalue weighted by molar-refractivity contribution is -0.870. The van der Waals surface area contributed by atoms with Crippen LogP contribution in [0, 0.1) is 0 Å². The molecule has 0 atom stereocenters. The van der Waals surface area contributed by atoms with Gasteiger partial charge in [-0.15, -0.1) is 0 Å². The molecule has 4 nitrogen and oxygen atoms in total. The highest BCUT2D eigenvalue weighted by molar-refractivity contribution is 6.06. The fraction of sp³-hybridized carbons (Fsp3) is 0.500. The van der Waals surface area contributed by atoms with Crippen molar-refractivity contribution >= 4 is 11.9 Å². The molecular formula is C30H44NO3+. The van der Waals surface area contributed by atoms with E-state index in [1.165, 1.54) is 44.9 Å². The largest absolute Gasteiger partial charge is 0.494 e. The average Bonchev–Trinajstić information content (AvgIpc) is 2.82. The average molecular weight is 467 g/mol. The zero-order valence-electron chi connectivity index (χ0n) is 21.7. The van der Waals surface area contributed by atoms with Gasteiger partial charge in [0.1, 0.15) is 24.7 Å². The molecule has 0 aliphatic carbocycles. The van der Waals surface area contributed by atoms with Gasteiger partial charge in [0.25, 0.3) is 0 Å². The number of hydrogen-bond donors (Lipinski definition) is 0. The van der Waals surface area contributed by atoms with Gasteiger partial charge in [-0.2, -0.15) is 0 Å². The van der Waals surface area contributed by atoms with E-state index in [9.17, 15) is 4.79 Å². The summed E-state index contributed by atoms with van der Waals surface area (Å²) in [5, 5.41) is 0. The Hall–Kier alpha value is -2.59. The molecule has 0 saturated carbocycles. The van der Waals surface area contributed by atoms with E-state index in [1.54, 1.807) is 6.08 Å². The summed E-state index contributed by atoms with van der Waals surface area (Å²) in [6.07, 6.45) is 13.8. The maximum atomic E-state index is 12.5. The van der Waals surface area contributed by atoms with Gasteiger partial charge < -0.3 is 14.0 Å². The lowest BCUT2D eigenvalue weighted by Gasteiger charge is -2.23. The van der Waals surface area contributed by atoms with E-state index in [0.717, 1.165) is 41.1 Å². The molecular weight excluding hydrogens is 422 g/mol. The predicted molar refractivity (Wildman–Crippen MR) is 143 cm³/mol. The van der Waals surface area contributed by atoms with Crippen LogP contribution in [0.2, 0.25) is 0 Å². The lowest BCUT2D eigenvalue weighted by Crippen LogP contribution is -2.38. The Morgan fingerprint density at radius 2 is 1.26 bits per heavy atom. The van der Waals surface area contributed by atoms with E-state index in [1.807, 2.05) is 54.6 Å². The van der Waals surface area contributed by atoms with Crippen LogP contribution in [0.25, 0.3) is 6.08 Å². The quantitative estimate of drug-likeness (QED) is 0.107. The van der Waals surface area contributed by atoms with Crippen LogP contribution in [0.3, 0.4) is 0 Å². The molecule has 0 unspecified atom stereocenters. The number of quaternary nitrogens is 1. The molecule has 0 aliphatic rings. The van der Waals surface area contributed by atoms with Crippen LogP contribution < -0.4 is 9.47 Å². The fourth-order valence-corrected chi connectivity index (χ4v) is 3.52. The van der Waals surface area contributed by atoms with Gasteiger partial charge in [0.2, 0.25) is 0 Å². The SMILES string of the molecule is CCCCCCCCCCOc1ccc(/C=C/C(=O)c2ccc(OCC[N+](C)(C)C)cc2)cc1. The van der Waals surface area contributed by atoms with Gasteiger partial charge in [-0.1, -0.05) is 70.1 Å². The van der Waals surface area contributed by atoms with E-state index in [4.69, 9.17) is 9.47 Å². The predicted octanol–water partition coefficient (Wildman–Crippen LogP) is 7.19. The van der Waals surface area contributed by atoms with Crippen LogP contribution in [-0.2, 0) is 0 Å². The minimum Gasteiger partial charge on any atom is -0.494 e. The molecule has 0 fully saturated rings. The maximum Gasteiger partial charge on any atom is 0.185 e. The van der Waals surface area contributed by atoms with Crippen molar-refractivity contribution in [1.29, 1.82) is 0 Å². The van der Waals surface area contributed by atoms with Crippen LogP contribution >= 0.6 is 0 Å². The molecule has 0 N–H and O–H groups in total. The molecule has 0 bridgehead atoms. The van der Waals surface area contributed by atoms with Gasteiger partial charge in [-0.05, 0) is 54.5 Å². The summed E-state index contributed by atoms with van der Waals surface area (Å²) in [7, 11) is 6.40. The van der Waals surface area contributed by atoms with Crippen molar-refractivity contribution in [1.82, 2.24) is 0 Å². The number of ether oxygens (including phenoxy) is 2. The number of ketones is 1. The summed E-state index contributed by atoms with van der Waals surface area (Å²) in [6, 6.07) is 15.3. The molecule has 0 heterocycles. The number of nitrogens with zero attached hydrogens (tertiary/aromatic N) is 1. The second kappa shape index (κ2) is 15.3. The van der Waals surface area contributed by atoms with E-state index in [-0.39, 0.29) is 5.78 Å². The van der Waals surface area contributed by atoms with Gasteiger partial charge in [-0.3, -0.25) is 4.79 Å². The number of hydrogen-bond acceptors (Lipinski definition) is 3. The van der Waals surface area contributed by atoms with Gasteiger partial charge in [0.15, 0.2) is 5.78 Å². The monoisotopic (exact) mass is 466 g/mol. The summed E-state index contributed by atoms with van der Waals surface area (Å²) >= 11 is 0. The molecule has 34 heavy (non-hydrogen) atoms. The summed E-state index contributed by atoms with van der Waals surface area (Å²) in [5.74, 6) is 1.65. The molecule has 2 aromatic rings. The van der Waals surface area contributed by atoms with Crippen LogP contribution in [0.5, 0.6) is 11.5 Å². The van der Waals surface area contributed by atoms with Crippen LogP contribution in [0.15, 0.2) is 54.6 Å². The minimum absolute atomic E-state index is 0.0204. The normalized spacial score (nSPS) is 11.6. The molecule has 0 aliphatic heterocycles. The fourth-order valence-electron chi connectivity index (χ4n) is 3.52. The third-order valence-corrected chi connectivity index (χ3v) is 5.74. The molecule has 0 spiro atoms. The first-order valence-electron chi connectivity index (χ1n) is 12.9. The lowest BCUT2D eigenvalue weighted by atomic mass is 10.1. The number of allylic oxidation sites excluding steroid dienone is 1. The smallest absolute Gasteiger partial charge is 0.185 e. The maximum absolute atomic E-state index is 12.5. The Labute approximate surface area is 207 Å². The van der Waals surface area contributed by atoms with Crippen molar-refractivity contribution in [3.8, 4) is 11.5 Å². The Kier molecular flexibility index (Phi) is 12.5. The molecule has 186 valence electrons. The highest BCUT2D eigenvalue weighted by Crippen LogP contribution is 2.16. The second-order valence-corrected chi connectivity index (χ2v) is 9.98. The Morgan fingerprint density at radius 1 is 0.735 bits per heavy atom. The second-order valence-electron chi connectivity index (χ2n) is 9.98. The van der Waals surface area contributed by atoms with Crippen LogP contribution in [-0.4, -0.2) is 51.2 Å². The first-order valence-corrected chi connectivity index (χ1v) is 12.9. The molecule has 2 aromatic carbocycles. The Balaban J connectivity index is 1.68. The van der Waals surface area contributed by atoms with Crippen LogP contribution in [0.4, 0.5) is 0 Å². The standard InChI is InChI=1S/C30H44NO3/c1-5-6-7-8-9-10-11-12-24-33-28-18-13-26(14-19-28)15-22-30(32)27-16-20-29(21-17-27)34-25-23-31(2,3)4/h13-22H,5-12,23-25H2,1-4H3/q+1/b22-15+. The number of carbonyl (C=O) groups is 1. The number of benzene rings is 2. The van der Waals surface area contributed by atoms with E-state index in [0.29, 0.717) is 12.2 Å². The van der Waals surface area contributed by atoms with Crippen molar-refractivity contribution in [2.45, 2.75) is 58.3 Å². The molecule has 0 amide bonds. The van der Waals surface area contributed by atoms with Gasteiger partial charge >= 0.3 is 0 Å². The van der Waals surface area contributed by atoms with Crippen molar-refractivity contribution in [3.05, 3.63) is 65.7 Å². The first kappa shape index (κ1) is 27.7. The van der Waals surface area contributed by atoms with E-state index in [2.05, 4.69) is 28.1 Å². The Bertz CT molecular complexity index is 848. The third-order valence-electron chi connectivity index (χ3n) is 5.74. The number of carbonyl (C=O) groups excluding carboxylic acids is 1. The molecule has 0 radical (unpaired) electrons. The van der Waals surface area contributed by atoms with Crippen molar-refractivity contribution < 1.29 is 18.8 Å². The summed E-state index contributed by atoms with van der Waals surface area (Å²) in [5.41, 5.74) is 1.63.